The van der Waals surface area contributed by atoms with Crippen molar-refractivity contribution in [3.63, 3.8) is 0 Å². The topological polar surface area (TPSA) is 63.5 Å². The fourth-order valence-electron chi connectivity index (χ4n) is 2.08. The minimum absolute atomic E-state index is 0.681. The van der Waals surface area contributed by atoms with Gasteiger partial charge in [-0.3, -0.25) is 9.67 Å². The van der Waals surface area contributed by atoms with Gasteiger partial charge in [-0.15, -0.1) is 0 Å². The Hall–Kier alpha value is -2.50. The van der Waals surface area contributed by atoms with Crippen LogP contribution >= 0.6 is 0 Å². The molecule has 0 saturated heterocycles. The number of nitrogens with one attached hydrogen (secondary N) is 2. The van der Waals surface area contributed by atoms with Crippen molar-refractivity contribution in [2.45, 2.75) is 19.9 Å². The Balaban J connectivity index is 1.56. The predicted octanol–water partition coefficient (Wildman–Crippen LogP) is 1.83. The summed E-state index contributed by atoms with van der Waals surface area (Å²) in [6.07, 6.45) is 4.80. The van der Waals surface area contributed by atoms with Crippen LogP contribution in [0.3, 0.4) is 0 Å². The Morgan fingerprint density at radius 2 is 2.00 bits per heavy atom. The maximum absolute atomic E-state index is 5.65. The minimum atomic E-state index is 0.681. The van der Waals surface area contributed by atoms with Crippen molar-refractivity contribution in [3.05, 3.63) is 48.3 Å². The van der Waals surface area contributed by atoms with Gasteiger partial charge >= 0.3 is 0 Å². The highest BCUT2D eigenvalue weighted by Gasteiger charge is 1.98. The van der Waals surface area contributed by atoms with E-state index in [1.54, 1.807) is 7.05 Å². The lowest BCUT2D eigenvalue weighted by Crippen LogP contribution is -2.39. The maximum Gasteiger partial charge on any atom is 0.191 e. The number of hydrogen-bond acceptors (Lipinski definition) is 3. The fraction of sp³-hybridized carbons (Fsp3) is 0.412. The monoisotopic (exact) mass is 315 g/mol. The molecule has 0 aliphatic carbocycles. The standard InChI is InChI=1S/C17H25N5O/c1-15-13-21-22(14-15)11-10-20-17(18-2)19-9-6-12-23-16-7-4-3-5-8-16/h3-5,7-8,13-14H,6,9-12H2,1-2H3,(H2,18,19,20). The first-order valence-corrected chi connectivity index (χ1v) is 7.89. The van der Waals surface area contributed by atoms with E-state index in [4.69, 9.17) is 4.74 Å². The van der Waals surface area contributed by atoms with E-state index in [0.717, 1.165) is 37.8 Å². The van der Waals surface area contributed by atoms with Gasteiger partial charge in [0.1, 0.15) is 5.75 Å². The maximum atomic E-state index is 5.65. The van der Waals surface area contributed by atoms with E-state index < -0.39 is 0 Å². The van der Waals surface area contributed by atoms with Crippen molar-refractivity contribution in [1.82, 2.24) is 20.4 Å². The Labute approximate surface area is 137 Å². The van der Waals surface area contributed by atoms with Crippen LogP contribution in [0.4, 0.5) is 0 Å². The molecule has 0 spiro atoms. The second-order valence-corrected chi connectivity index (χ2v) is 5.22. The number of benzene rings is 1. The molecule has 0 amide bonds. The molecule has 0 bridgehead atoms. The molecule has 0 aliphatic rings. The van der Waals surface area contributed by atoms with Gasteiger partial charge in [-0.05, 0) is 31.0 Å². The zero-order valence-electron chi connectivity index (χ0n) is 13.8. The molecule has 1 heterocycles. The Morgan fingerprint density at radius 1 is 1.22 bits per heavy atom. The molecule has 2 rings (SSSR count). The van der Waals surface area contributed by atoms with Crippen LogP contribution in [0.2, 0.25) is 0 Å². The fourth-order valence-corrected chi connectivity index (χ4v) is 2.08. The molecule has 2 N–H and O–H groups in total. The predicted molar refractivity (Wildman–Crippen MR) is 92.9 cm³/mol. The molecule has 0 aliphatic heterocycles. The quantitative estimate of drug-likeness (QED) is 0.443. The lowest BCUT2D eigenvalue weighted by Gasteiger charge is -2.12. The van der Waals surface area contributed by atoms with Gasteiger partial charge < -0.3 is 15.4 Å². The van der Waals surface area contributed by atoms with Gasteiger partial charge in [0.05, 0.1) is 19.3 Å². The van der Waals surface area contributed by atoms with Gasteiger partial charge in [0.2, 0.25) is 0 Å². The van der Waals surface area contributed by atoms with Crippen molar-refractivity contribution in [2.75, 3.05) is 26.7 Å². The summed E-state index contributed by atoms with van der Waals surface area (Å²) in [7, 11) is 1.77. The molecule has 6 heteroatoms. The number of para-hydroxylation sites is 1. The van der Waals surface area contributed by atoms with Crippen LogP contribution in [0.15, 0.2) is 47.7 Å². The van der Waals surface area contributed by atoms with E-state index in [-0.39, 0.29) is 0 Å². The van der Waals surface area contributed by atoms with Gasteiger partial charge in [-0.25, -0.2) is 0 Å². The summed E-state index contributed by atoms with van der Waals surface area (Å²) in [5.74, 6) is 1.71. The van der Waals surface area contributed by atoms with Crippen LogP contribution in [-0.2, 0) is 6.54 Å². The van der Waals surface area contributed by atoms with Crippen LogP contribution in [0.5, 0.6) is 5.75 Å². The van der Waals surface area contributed by atoms with E-state index in [0.29, 0.717) is 6.61 Å². The zero-order valence-corrected chi connectivity index (χ0v) is 13.8. The summed E-state index contributed by atoms with van der Waals surface area (Å²) >= 11 is 0. The van der Waals surface area contributed by atoms with Crippen LogP contribution < -0.4 is 15.4 Å². The molecule has 0 atom stereocenters. The van der Waals surface area contributed by atoms with Crippen molar-refractivity contribution >= 4 is 5.96 Å². The third kappa shape index (κ3) is 6.42. The SMILES string of the molecule is CN=C(NCCCOc1ccccc1)NCCn1cc(C)cn1. The smallest absolute Gasteiger partial charge is 0.191 e. The molecule has 2 aromatic rings. The highest BCUT2D eigenvalue weighted by Crippen LogP contribution is 2.07. The van der Waals surface area contributed by atoms with Crippen LogP contribution in [0, 0.1) is 6.92 Å². The van der Waals surface area contributed by atoms with Crippen molar-refractivity contribution in [1.29, 1.82) is 0 Å². The third-order valence-electron chi connectivity index (χ3n) is 3.24. The summed E-state index contributed by atoms with van der Waals surface area (Å²) in [5, 5.41) is 10.8. The average molecular weight is 315 g/mol. The number of aryl methyl sites for hydroxylation is 1. The second kappa shape index (κ2) is 9.50. The number of ether oxygens (including phenoxy) is 1. The molecule has 1 aromatic heterocycles. The average Bonchev–Trinajstić information content (AvgIpc) is 2.99. The molecular weight excluding hydrogens is 290 g/mol. The Bertz CT molecular complexity index is 594. The summed E-state index contributed by atoms with van der Waals surface area (Å²) in [4.78, 5) is 4.20. The van der Waals surface area contributed by atoms with Crippen LogP contribution in [-0.4, -0.2) is 42.5 Å². The second-order valence-electron chi connectivity index (χ2n) is 5.22. The first-order valence-electron chi connectivity index (χ1n) is 7.89. The van der Waals surface area contributed by atoms with E-state index in [1.807, 2.05) is 54.3 Å². The van der Waals surface area contributed by atoms with Crippen LogP contribution in [0.25, 0.3) is 0 Å². The normalized spacial score (nSPS) is 11.3. The number of guanidine groups is 1. The molecular formula is C17H25N5O. The third-order valence-corrected chi connectivity index (χ3v) is 3.24. The molecule has 124 valence electrons. The van der Waals surface area contributed by atoms with Gasteiger partial charge in [0.15, 0.2) is 5.96 Å². The molecule has 1 aromatic carbocycles. The number of aliphatic imine (C=N–C) groups is 1. The largest absolute Gasteiger partial charge is 0.494 e. The van der Waals surface area contributed by atoms with Gasteiger partial charge in [-0.2, -0.15) is 5.10 Å². The lowest BCUT2D eigenvalue weighted by molar-refractivity contribution is 0.311. The summed E-state index contributed by atoms with van der Waals surface area (Å²) < 4.78 is 7.57. The number of nitrogens with zero attached hydrogens (tertiary/aromatic N) is 3. The van der Waals surface area contributed by atoms with Gasteiger partial charge in [0, 0.05) is 26.3 Å². The van der Waals surface area contributed by atoms with Gasteiger partial charge in [0.25, 0.3) is 0 Å². The highest BCUT2D eigenvalue weighted by atomic mass is 16.5. The first kappa shape index (κ1) is 16.9. The van der Waals surface area contributed by atoms with Crippen molar-refractivity contribution in [3.8, 4) is 5.75 Å². The molecule has 23 heavy (non-hydrogen) atoms. The summed E-state index contributed by atoms with van der Waals surface area (Å²) in [6.45, 7) is 5.12. The number of aromatic nitrogens is 2. The summed E-state index contributed by atoms with van der Waals surface area (Å²) in [6, 6.07) is 9.85. The number of rotatable bonds is 8. The number of hydrogen-bond donors (Lipinski definition) is 2. The molecule has 0 unspecified atom stereocenters. The van der Waals surface area contributed by atoms with Crippen LogP contribution in [0.1, 0.15) is 12.0 Å². The van der Waals surface area contributed by atoms with E-state index in [1.165, 1.54) is 5.56 Å². The molecule has 0 radical (unpaired) electrons. The van der Waals surface area contributed by atoms with Gasteiger partial charge in [-0.1, -0.05) is 18.2 Å². The van der Waals surface area contributed by atoms with Crippen molar-refractivity contribution < 1.29 is 4.74 Å². The Kier molecular flexibility index (Phi) is 6.97. The van der Waals surface area contributed by atoms with Crippen molar-refractivity contribution in [2.24, 2.45) is 4.99 Å². The van der Waals surface area contributed by atoms with E-state index >= 15 is 0 Å². The molecule has 6 nitrogen and oxygen atoms in total. The molecule has 0 fully saturated rings. The minimum Gasteiger partial charge on any atom is -0.494 e. The van der Waals surface area contributed by atoms with E-state index in [9.17, 15) is 0 Å². The van der Waals surface area contributed by atoms with E-state index in [2.05, 4.69) is 20.7 Å². The lowest BCUT2D eigenvalue weighted by atomic mass is 10.3. The zero-order chi connectivity index (χ0) is 16.3. The highest BCUT2D eigenvalue weighted by molar-refractivity contribution is 5.79. The Morgan fingerprint density at radius 3 is 2.70 bits per heavy atom. The molecule has 0 saturated carbocycles. The summed E-state index contributed by atoms with van der Waals surface area (Å²) in [5.41, 5.74) is 1.17. The first-order chi connectivity index (χ1) is 11.3.